The van der Waals surface area contributed by atoms with Crippen LogP contribution in [0.15, 0.2) is 24.3 Å². The van der Waals surface area contributed by atoms with Gasteiger partial charge in [-0.2, -0.15) is 0 Å². The molecule has 0 aromatic carbocycles. The summed E-state index contributed by atoms with van der Waals surface area (Å²) in [6.07, 6.45) is 0.594. The molecule has 0 radical (unpaired) electrons. The summed E-state index contributed by atoms with van der Waals surface area (Å²) in [5, 5.41) is 51.4. The van der Waals surface area contributed by atoms with Crippen molar-refractivity contribution in [3.63, 3.8) is 0 Å². The highest BCUT2D eigenvalue weighted by Gasteiger charge is 2.24. The first-order valence-corrected chi connectivity index (χ1v) is 8.60. The largest absolute Gasteiger partial charge is 0.396 e. The number of aliphatic hydroxyl groups is 6. The predicted octanol–water partition coefficient (Wildman–Crippen LogP) is -0.462. The molecule has 0 aliphatic carbocycles. The summed E-state index contributed by atoms with van der Waals surface area (Å²) in [5.41, 5.74) is -0.987. The molecule has 28 heavy (non-hydrogen) atoms. The lowest BCUT2D eigenvalue weighted by Gasteiger charge is -2.24. The first-order chi connectivity index (χ1) is 12.9. The van der Waals surface area contributed by atoms with Gasteiger partial charge in [-0.1, -0.05) is 27.0 Å². The molecule has 0 amide bonds. The van der Waals surface area contributed by atoms with Crippen LogP contribution < -0.4 is 0 Å². The smallest absolute Gasteiger partial charge is 0.340 e. The van der Waals surface area contributed by atoms with Gasteiger partial charge in [-0.3, -0.25) is 0 Å². The maximum Gasteiger partial charge on any atom is 0.340 e. The van der Waals surface area contributed by atoms with Crippen molar-refractivity contribution in [1.82, 2.24) is 0 Å². The van der Waals surface area contributed by atoms with Crippen molar-refractivity contribution in [3.05, 3.63) is 24.3 Å². The fourth-order valence-corrected chi connectivity index (χ4v) is 0.894. The van der Waals surface area contributed by atoms with Gasteiger partial charge >= 0.3 is 11.9 Å². The summed E-state index contributed by atoms with van der Waals surface area (Å²) in [5.74, 6) is -1.42. The van der Waals surface area contributed by atoms with Crippen molar-refractivity contribution in [2.75, 3.05) is 39.6 Å². The lowest BCUT2D eigenvalue weighted by molar-refractivity contribution is -0.153. The molecule has 166 valence electrons. The highest BCUT2D eigenvalue weighted by atomic mass is 16.6. The van der Waals surface area contributed by atoms with E-state index in [9.17, 15) is 9.59 Å². The molecule has 0 bridgehead atoms. The summed E-state index contributed by atoms with van der Waals surface area (Å²) in [6.45, 7) is 12.0. The molecule has 0 unspecified atom stereocenters. The number of rotatable bonds is 9. The molecule has 0 fully saturated rings. The second-order valence-corrected chi connectivity index (χ2v) is 6.85. The van der Waals surface area contributed by atoms with E-state index in [0.29, 0.717) is 6.42 Å². The highest BCUT2D eigenvalue weighted by molar-refractivity contribution is 6.00. The predicted molar refractivity (Wildman–Crippen MR) is 104 cm³/mol. The van der Waals surface area contributed by atoms with Gasteiger partial charge in [0, 0.05) is 22.0 Å². The summed E-state index contributed by atoms with van der Waals surface area (Å²) in [4.78, 5) is 21.3. The number of hydrogen-bond donors (Lipinski definition) is 6. The average Bonchev–Trinajstić information content (AvgIpc) is 2.70. The molecule has 0 aromatic rings. The maximum absolute atomic E-state index is 10.7. The van der Waals surface area contributed by atoms with E-state index in [1.165, 1.54) is 13.8 Å². The Balaban J connectivity index is -0.000000340. The van der Waals surface area contributed by atoms with Crippen molar-refractivity contribution in [2.45, 2.75) is 34.1 Å². The van der Waals surface area contributed by atoms with Crippen molar-refractivity contribution in [2.24, 2.45) is 10.8 Å². The number of carbonyl (C=O) groups is 2. The maximum atomic E-state index is 10.7. The zero-order valence-corrected chi connectivity index (χ0v) is 17.3. The minimum absolute atomic E-state index is 0.156. The Labute approximate surface area is 166 Å². The minimum Gasteiger partial charge on any atom is -0.396 e. The summed E-state index contributed by atoms with van der Waals surface area (Å²) in [7, 11) is 0. The van der Waals surface area contributed by atoms with Crippen molar-refractivity contribution in [1.29, 1.82) is 0 Å². The van der Waals surface area contributed by atoms with E-state index in [1.807, 2.05) is 6.92 Å². The first-order valence-electron chi connectivity index (χ1n) is 8.60. The Bertz CT molecular complexity index is 428. The molecule has 0 spiro atoms. The van der Waals surface area contributed by atoms with E-state index in [-0.39, 0.29) is 50.8 Å². The first kappa shape index (κ1) is 31.1. The molecule has 9 nitrogen and oxygen atoms in total. The van der Waals surface area contributed by atoms with Gasteiger partial charge in [0.2, 0.25) is 0 Å². The molecule has 9 heteroatoms. The summed E-state index contributed by atoms with van der Waals surface area (Å²) in [6, 6.07) is 0. The van der Waals surface area contributed by atoms with Crippen LogP contribution in [0.3, 0.4) is 0 Å². The van der Waals surface area contributed by atoms with Crippen LogP contribution in [-0.4, -0.2) is 82.2 Å². The topological polar surface area (TPSA) is 165 Å². The third-order valence-electron chi connectivity index (χ3n) is 3.78. The molecule has 0 atom stereocenters. The molecule has 0 aliphatic rings. The van der Waals surface area contributed by atoms with Gasteiger partial charge in [0.1, 0.15) is 0 Å². The summed E-state index contributed by atoms with van der Waals surface area (Å²) < 4.78 is 4.30. The summed E-state index contributed by atoms with van der Waals surface area (Å²) >= 11 is 0. The molecule has 0 aromatic heterocycles. The lowest BCUT2D eigenvalue weighted by Crippen LogP contribution is -2.32. The van der Waals surface area contributed by atoms with Crippen LogP contribution in [0.1, 0.15) is 34.1 Å². The van der Waals surface area contributed by atoms with Crippen molar-refractivity contribution in [3.8, 4) is 0 Å². The van der Waals surface area contributed by atoms with E-state index in [2.05, 4.69) is 17.9 Å². The number of carbonyl (C=O) groups excluding carboxylic acids is 2. The average molecular weight is 408 g/mol. The van der Waals surface area contributed by atoms with Crippen LogP contribution in [0.25, 0.3) is 0 Å². The van der Waals surface area contributed by atoms with Gasteiger partial charge in [0.05, 0.1) is 39.6 Å². The molecular formula is C19H36O9. The second kappa shape index (κ2) is 16.3. The van der Waals surface area contributed by atoms with Crippen LogP contribution >= 0.6 is 0 Å². The van der Waals surface area contributed by atoms with Crippen LogP contribution in [0.5, 0.6) is 0 Å². The SMILES string of the molecule is C=C(C)C(=O)OC(=O)C(=C)C.CC(CO)(CO)CO.CCC(CO)(CO)CO. The zero-order chi connectivity index (χ0) is 23.0. The zero-order valence-electron chi connectivity index (χ0n) is 17.3. The monoisotopic (exact) mass is 408 g/mol. The van der Waals surface area contributed by atoms with E-state index < -0.39 is 22.8 Å². The van der Waals surface area contributed by atoms with E-state index in [4.69, 9.17) is 30.6 Å². The van der Waals surface area contributed by atoms with Crippen molar-refractivity contribution >= 4 is 11.9 Å². The third kappa shape index (κ3) is 13.5. The van der Waals surface area contributed by atoms with E-state index in [1.54, 1.807) is 6.92 Å². The second-order valence-electron chi connectivity index (χ2n) is 6.85. The fraction of sp³-hybridized carbons (Fsp3) is 0.684. The standard InChI is InChI=1S/C8H10O3.C6H14O3.C5H12O3/c1-5(2)7(9)11-8(10)6(3)4;1-2-6(3-7,4-8)5-9;1-5(2-6,3-7)4-8/h1,3H2,2,4H3;7-9H,2-5H2,1H3;6-8H,2-4H2,1H3. The number of aliphatic hydroxyl groups excluding tert-OH is 6. The van der Waals surface area contributed by atoms with Gasteiger partial charge < -0.3 is 35.4 Å². The Morgan fingerprint density at radius 1 is 0.750 bits per heavy atom. The number of ether oxygens (including phenoxy) is 1. The lowest BCUT2D eigenvalue weighted by atomic mass is 9.88. The number of esters is 2. The van der Waals surface area contributed by atoms with E-state index >= 15 is 0 Å². The molecule has 0 saturated heterocycles. The Hall–Kier alpha value is -1.62. The van der Waals surface area contributed by atoms with Crippen LogP contribution in [-0.2, 0) is 14.3 Å². The third-order valence-corrected chi connectivity index (χ3v) is 3.78. The van der Waals surface area contributed by atoms with Crippen LogP contribution in [0, 0.1) is 10.8 Å². The Kier molecular flexibility index (Phi) is 18.1. The fourth-order valence-electron chi connectivity index (χ4n) is 0.894. The quantitative estimate of drug-likeness (QED) is 0.168. The van der Waals surface area contributed by atoms with Crippen LogP contribution in [0.4, 0.5) is 0 Å². The van der Waals surface area contributed by atoms with Gasteiger partial charge in [-0.15, -0.1) is 0 Å². The Morgan fingerprint density at radius 2 is 1.04 bits per heavy atom. The molecule has 0 aliphatic heterocycles. The van der Waals surface area contributed by atoms with Gasteiger partial charge in [-0.25, -0.2) is 9.59 Å². The van der Waals surface area contributed by atoms with Gasteiger partial charge in [0.15, 0.2) is 0 Å². The van der Waals surface area contributed by atoms with Gasteiger partial charge in [0.25, 0.3) is 0 Å². The number of hydrogen-bond acceptors (Lipinski definition) is 9. The molecule has 0 saturated carbocycles. The minimum atomic E-state index is -0.710. The molecular weight excluding hydrogens is 372 g/mol. The molecule has 0 heterocycles. The van der Waals surface area contributed by atoms with Crippen LogP contribution in [0.2, 0.25) is 0 Å². The van der Waals surface area contributed by atoms with Gasteiger partial charge in [-0.05, 0) is 20.3 Å². The van der Waals surface area contributed by atoms with Crippen molar-refractivity contribution < 1.29 is 45.0 Å². The van der Waals surface area contributed by atoms with E-state index in [0.717, 1.165) is 0 Å². The highest BCUT2D eigenvalue weighted by Crippen LogP contribution is 2.18. The Morgan fingerprint density at radius 3 is 1.11 bits per heavy atom. The molecule has 6 N–H and O–H groups in total. The normalized spacial score (nSPS) is 10.6. The molecule has 0 rings (SSSR count).